The molecule has 0 aliphatic carbocycles. The van der Waals surface area contributed by atoms with Crippen molar-refractivity contribution in [3.05, 3.63) is 17.0 Å². The van der Waals surface area contributed by atoms with Gasteiger partial charge in [-0.15, -0.1) is 0 Å². The molecule has 0 radical (unpaired) electrons. The summed E-state index contributed by atoms with van der Waals surface area (Å²) in [4.78, 5) is 0. The van der Waals surface area contributed by atoms with Gasteiger partial charge in [0.15, 0.2) is 0 Å². The normalized spacial score (nSPS) is 19.7. The molecule has 1 aromatic heterocycles. The maximum Gasteiger partial charge on any atom is 0.289 e. The molecule has 0 aromatic carbocycles. The Balaban J connectivity index is 0.000000254. The quantitative estimate of drug-likeness (QED) is 0.851. The maximum absolute atomic E-state index is 14.0. The Bertz CT molecular complexity index is 491. The molecular formula is C14H21F4N3O. The van der Waals surface area contributed by atoms with Crippen molar-refractivity contribution in [2.45, 2.75) is 51.1 Å². The molecule has 22 heavy (non-hydrogen) atoms. The van der Waals surface area contributed by atoms with E-state index >= 15 is 0 Å². The van der Waals surface area contributed by atoms with Gasteiger partial charge < -0.3 is 10.1 Å². The van der Waals surface area contributed by atoms with E-state index in [1.807, 2.05) is 0 Å². The van der Waals surface area contributed by atoms with E-state index in [0.717, 1.165) is 30.6 Å². The van der Waals surface area contributed by atoms with Crippen molar-refractivity contribution in [1.29, 1.82) is 0 Å². The van der Waals surface area contributed by atoms with E-state index in [2.05, 4.69) is 15.2 Å². The minimum absolute atomic E-state index is 0.0366. The van der Waals surface area contributed by atoms with E-state index in [4.69, 9.17) is 0 Å². The van der Waals surface area contributed by atoms with E-state index in [9.17, 15) is 17.6 Å². The zero-order chi connectivity index (χ0) is 16.2. The minimum Gasteiger partial charge on any atom is -0.379 e. The SMILES string of the molecule is COCC(F)F.FC1(F)CCCCn2nc3c(c21)CNCC3. The summed E-state index contributed by atoms with van der Waals surface area (Å²) in [7, 11) is 1.24. The Morgan fingerprint density at radius 1 is 1.36 bits per heavy atom. The molecule has 4 nitrogen and oxygen atoms in total. The standard InChI is InChI=1S/C11H15F2N3.C3H6F2O/c12-11(13)4-1-2-6-16-10(11)8-7-14-5-3-9(8)15-16;1-6-2-3(4)5/h14H,1-7H2;3H,2H2,1H3. The molecule has 2 aliphatic heterocycles. The number of hydrogen-bond donors (Lipinski definition) is 1. The molecule has 8 heteroatoms. The van der Waals surface area contributed by atoms with Gasteiger partial charge in [-0.2, -0.15) is 13.9 Å². The van der Waals surface area contributed by atoms with E-state index in [1.54, 1.807) is 4.68 Å². The number of aryl methyl sites for hydroxylation is 1. The van der Waals surface area contributed by atoms with Crippen LogP contribution in [0.4, 0.5) is 17.6 Å². The topological polar surface area (TPSA) is 39.1 Å². The Kier molecular flexibility index (Phi) is 5.80. The van der Waals surface area contributed by atoms with Crippen molar-refractivity contribution in [2.24, 2.45) is 0 Å². The fourth-order valence-corrected chi connectivity index (χ4v) is 2.78. The number of alkyl halides is 4. The van der Waals surface area contributed by atoms with Crippen LogP contribution in [0.2, 0.25) is 0 Å². The van der Waals surface area contributed by atoms with Crippen LogP contribution in [-0.2, 0) is 30.2 Å². The Morgan fingerprint density at radius 3 is 2.77 bits per heavy atom. The Hall–Kier alpha value is -1.15. The summed E-state index contributed by atoms with van der Waals surface area (Å²) in [6.45, 7) is 1.56. The first-order valence-corrected chi connectivity index (χ1v) is 7.40. The summed E-state index contributed by atoms with van der Waals surface area (Å²) in [5.74, 6) is -2.70. The number of ether oxygens (including phenoxy) is 1. The fourth-order valence-electron chi connectivity index (χ4n) is 2.78. The smallest absolute Gasteiger partial charge is 0.289 e. The van der Waals surface area contributed by atoms with Crippen LogP contribution in [0.3, 0.4) is 0 Å². The van der Waals surface area contributed by atoms with Crippen LogP contribution in [-0.4, -0.2) is 36.5 Å². The lowest BCUT2D eigenvalue weighted by atomic mass is 10.0. The fraction of sp³-hybridized carbons (Fsp3) is 0.786. The van der Waals surface area contributed by atoms with E-state index in [-0.39, 0.29) is 12.1 Å². The lowest BCUT2D eigenvalue weighted by Crippen LogP contribution is -2.26. The van der Waals surface area contributed by atoms with Gasteiger partial charge >= 0.3 is 0 Å². The third kappa shape index (κ3) is 3.98. The van der Waals surface area contributed by atoms with Crippen molar-refractivity contribution in [3.8, 4) is 0 Å². The third-order valence-electron chi connectivity index (χ3n) is 3.72. The van der Waals surface area contributed by atoms with Crippen LogP contribution in [0, 0.1) is 0 Å². The molecule has 3 rings (SSSR count). The van der Waals surface area contributed by atoms with Gasteiger partial charge in [-0.05, 0) is 12.8 Å². The summed E-state index contributed by atoms with van der Waals surface area (Å²) < 4.78 is 55.4. The van der Waals surface area contributed by atoms with Gasteiger partial charge in [0.25, 0.3) is 12.3 Å². The molecule has 0 atom stereocenters. The molecule has 1 aromatic rings. The molecule has 3 heterocycles. The predicted molar refractivity (Wildman–Crippen MR) is 73.3 cm³/mol. The van der Waals surface area contributed by atoms with Gasteiger partial charge in [0.05, 0.1) is 5.69 Å². The van der Waals surface area contributed by atoms with E-state index in [0.29, 0.717) is 19.5 Å². The summed E-state index contributed by atoms with van der Waals surface area (Å²) in [6.07, 6.45) is -0.207. The molecule has 0 fully saturated rings. The maximum atomic E-state index is 14.0. The molecule has 0 unspecified atom stereocenters. The zero-order valence-corrected chi connectivity index (χ0v) is 12.5. The first-order valence-electron chi connectivity index (χ1n) is 7.40. The predicted octanol–water partition coefficient (Wildman–Crippen LogP) is 2.70. The molecule has 1 N–H and O–H groups in total. The molecule has 0 amide bonds. The number of halogens is 4. The average Bonchev–Trinajstić information content (AvgIpc) is 2.76. The number of methoxy groups -OCH3 is 1. The van der Waals surface area contributed by atoms with Crippen LogP contribution in [0.1, 0.15) is 36.2 Å². The van der Waals surface area contributed by atoms with Crippen LogP contribution in [0.5, 0.6) is 0 Å². The summed E-state index contributed by atoms with van der Waals surface area (Å²) in [6, 6.07) is 0. The van der Waals surface area contributed by atoms with Gasteiger partial charge in [-0.1, -0.05) is 0 Å². The molecule has 0 spiro atoms. The first-order chi connectivity index (χ1) is 10.5. The molecule has 2 aliphatic rings. The largest absolute Gasteiger partial charge is 0.379 e. The molecular weight excluding hydrogens is 302 g/mol. The second-order valence-corrected chi connectivity index (χ2v) is 5.43. The molecule has 0 bridgehead atoms. The number of hydrogen-bond acceptors (Lipinski definition) is 3. The number of rotatable bonds is 2. The number of fused-ring (bicyclic) bond motifs is 3. The third-order valence-corrected chi connectivity index (χ3v) is 3.72. The summed E-state index contributed by atoms with van der Waals surface area (Å²) >= 11 is 0. The molecule has 126 valence electrons. The highest BCUT2D eigenvalue weighted by molar-refractivity contribution is 5.32. The van der Waals surface area contributed by atoms with Crippen molar-refractivity contribution in [3.63, 3.8) is 0 Å². The van der Waals surface area contributed by atoms with Crippen molar-refractivity contribution < 1.29 is 22.3 Å². The van der Waals surface area contributed by atoms with Gasteiger partial charge in [0.1, 0.15) is 12.3 Å². The van der Waals surface area contributed by atoms with Crippen molar-refractivity contribution in [2.75, 3.05) is 20.3 Å². The van der Waals surface area contributed by atoms with Gasteiger partial charge in [-0.25, -0.2) is 8.78 Å². The van der Waals surface area contributed by atoms with Crippen LogP contribution in [0.25, 0.3) is 0 Å². The molecule has 0 saturated heterocycles. The summed E-state index contributed by atoms with van der Waals surface area (Å²) in [5, 5.41) is 7.49. The number of nitrogens with one attached hydrogen (secondary N) is 1. The average molecular weight is 323 g/mol. The number of nitrogens with zero attached hydrogens (tertiary/aromatic N) is 2. The van der Waals surface area contributed by atoms with E-state index < -0.39 is 19.0 Å². The number of aromatic nitrogens is 2. The first kappa shape index (κ1) is 17.2. The minimum atomic E-state index is -2.70. The zero-order valence-electron chi connectivity index (χ0n) is 12.5. The van der Waals surface area contributed by atoms with Crippen LogP contribution in [0.15, 0.2) is 0 Å². The van der Waals surface area contributed by atoms with E-state index in [1.165, 1.54) is 7.11 Å². The monoisotopic (exact) mass is 323 g/mol. The molecule has 0 saturated carbocycles. The Labute approximate surface area is 126 Å². The summed E-state index contributed by atoms with van der Waals surface area (Å²) in [5.41, 5.74) is 1.79. The highest BCUT2D eigenvalue weighted by Crippen LogP contribution is 2.39. The lowest BCUT2D eigenvalue weighted by molar-refractivity contribution is -0.0200. The highest BCUT2D eigenvalue weighted by Gasteiger charge is 2.40. The van der Waals surface area contributed by atoms with Gasteiger partial charge in [0.2, 0.25) is 0 Å². The second kappa shape index (κ2) is 7.41. The van der Waals surface area contributed by atoms with Gasteiger partial charge in [-0.3, -0.25) is 4.68 Å². The Morgan fingerprint density at radius 2 is 2.14 bits per heavy atom. The van der Waals surface area contributed by atoms with Crippen LogP contribution < -0.4 is 5.32 Å². The van der Waals surface area contributed by atoms with Crippen molar-refractivity contribution >= 4 is 0 Å². The van der Waals surface area contributed by atoms with Crippen molar-refractivity contribution in [1.82, 2.24) is 15.1 Å². The highest BCUT2D eigenvalue weighted by atomic mass is 19.3. The van der Waals surface area contributed by atoms with Crippen LogP contribution >= 0.6 is 0 Å². The second-order valence-electron chi connectivity index (χ2n) is 5.43. The lowest BCUT2D eigenvalue weighted by Gasteiger charge is -2.18. The van der Waals surface area contributed by atoms with Gasteiger partial charge in [0, 0.05) is 45.1 Å².